The van der Waals surface area contributed by atoms with Crippen LogP contribution in [0.3, 0.4) is 0 Å². The highest BCUT2D eigenvalue weighted by Gasteiger charge is 2.12. The predicted octanol–water partition coefficient (Wildman–Crippen LogP) is 2.96. The molecule has 60 valence electrons. The van der Waals surface area contributed by atoms with Gasteiger partial charge in [0.15, 0.2) is 11.6 Å². The van der Waals surface area contributed by atoms with E-state index in [1.54, 1.807) is 0 Å². The fourth-order valence-electron chi connectivity index (χ4n) is 0.591. The first-order chi connectivity index (χ1) is 5.04. The van der Waals surface area contributed by atoms with E-state index in [1.165, 1.54) is 0 Å². The molecule has 0 saturated carbocycles. The van der Waals surface area contributed by atoms with Crippen LogP contribution in [0.5, 0.6) is 0 Å². The average molecular weight is 242 g/mol. The van der Waals surface area contributed by atoms with Crippen LogP contribution < -0.4 is 5.73 Å². The molecule has 0 aliphatic carbocycles. The summed E-state index contributed by atoms with van der Waals surface area (Å²) in [5, 5.41) is -0.331. The van der Waals surface area contributed by atoms with Crippen LogP contribution in [0.25, 0.3) is 0 Å². The Kier molecular flexibility index (Phi) is 2.34. The normalized spacial score (nSPS) is 10.2. The molecule has 0 bridgehead atoms. The third kappa shape index (κ3) is 1.46. The summed E-state index contributed by atoms with van der Waals surface area (Å²) in [6.07, 6.45) is 0. The zero-order valence-electron chi connectivity index (χ0n) is 5.17. The number of nitrogens with two attached hydrogens (primary N) is 1. The van der Waals surface area contributed by atoms with Gasteiger partial charge in [0.05, 0.1) is 15.2 Å². The Bertz CT molecular complexity index is 277. The molecule has 1 aromatic carbocycles. The maximum absolute atomic E-state index is 12.6. The maximum Gasteiger partial charge on any atom is 0.178 e. The Morgan fingerprint density at radius 3 is 2.55 bits per heavy atom. The molecule has 0 aliphatic heterocycles. The summed E-state index contributed by atoms with van der Waals surface area (Å²) in [5.74, 6) is -2.14. The second-order valence-corrected chi connectivity index (χ2v) is 3.06. The Morgan fingerprint density at radius 1 is 1.45 bits per heavy atom. The first kappa shape index (κ1) is 8.74. The van der Waals surface area contributed by atoms with Gasteiger partial charge >= 0.3 is 0 Å². The molecule has 0 saturated heterocycles. The van der Waals surface area contributed by atoms with Gasteiger partial charge in [0.25, 0.3) is 0 Å². The Balaban J connectivity index is 3.46. The second kappa shape index (κ2) is 2.95. The quantitative estimate of drug-likeness (QED) is 0.422. The van der Waals surface area contributed by atoms with Gasteiger partial charge in [0, 0.05) is 6.07 Å². The Morgan fingerprint density at radius 2 is 2.00 bits per heavy atom. The third-order valence-electron chi connectivity index (χ3n) is 1.13. The van der Waals surface area contributed by atoms with Gasteiger partial charge in [-0.15, -0.1) is 0 Å². The van der Waals surface area contributed by atoms with Gasteiger partial charge in [-0.1, -0.05) is 11.6 Å². The Labute approximate surface area is 75.3 Å². The molecule has 11 heavy (non-hydrogen) atoms. The van der Waals surface area contributed by atoms with Gasteiger partial charge in [-0.25, -0.2) is 8.78 Å². The van der Waals surface area contributed by atoms with Crippen LogP contribution in [0, 0.1) is 11.6 Å². The summed E-state index contributed by atoms with van der Waals surface area (Å²) in [6, 6.07) is 0.866. The summed E-state index contributed by atoms with van der Waals surface area (Å²) in [7, 11) is 0. The molecule has 0 amide bonds. The average Bonchev–Trinajstić information content (AvgIpc) is 1.97. The highest BCUT2D eigenvalue weighted by molar-refractivity contribution is 9.10. The van der Waals surface area contributed by atoms with Crippen molar-refractivity contribution in [1.29, 1.82) is 0 Å². The topological polar surface area (TPSA) is 26.0 Å². The maximum atomic E-state index is 12.6. The van der Waals surface area contributed by atoms with Crippen LogP contribution in [0.1, 0.15) is 0 Å². The van der Waals surface area contributed by atoms with Crippen LogP contribution in [0.4, 0.5) is 14.5 Å². The minimum Gasteiger partial charge on any atom is -0.398 e. The van der Waals surface area contributed by atoms with Crippen molar-refractivity contribution in [1.82, 2.24) is 0 Å². The summed E-state index contributed by atoms with van der Waals surface area (Å²) < 4.78 is 25.2. The van der Waals surface area contributed by atoms with Crippen molar-refractivity contribution in [2.24, 2.45) is 0 Å². The van der Waals surface area contributed by atoms with E-state index in [0.717, 1.165) is 6.07 Å². The van der Waals surface area contributed by atoms with Crippen molar-refractivity contribution in [2.45, 2.75) is 0 Å². The molecule has 1 aromatic rings. The lowest BCUT2D eigenvalue weighted by atomic mass is 10.3. The van der Waals surface area contributed by atoms with Gasteiger partial charge in [-0.2, -0.15) is 0 Å². The van der Waals surface area contributed by atoms with Gasteiger partial charge in [0.1, 0.15) is 0 Å². The van der Waals surface area contributed by atoms with Gasteiger partial charge in [-0.05, 0) is 15.9 Å². The number of rotatable bonds is 0. The van der Waals surface area contributed by atoms with Crippen LogP contribution in [0.15, 0.2) is 10.5 Å². The van der Waals surface area contributed by atoms with E-state index in [4.69, 9.17) is 17.3 Å². The number of hydrogen-bond donors (Lipinski definition) is 1. The molecule has 0 spiro atoms. The smallest absolute Gasteiger partial charge is 0.178 e. The number of nitrogen functional groups attached to an aromatic ring is 1. The molecule has 1 nitrogen and oxygen atoms in total. The van der Waals surface area contributed by atoms with E-state index in [2.05, 4.69) is 15.9 Å². The molecule has 0 fully saturated rings. The van der Waals surface area contributed by atoms with Crippen LogP contribution >= 0.6 is 27.5 Å². The van der Waals surface area contributed by atoms with Crippen LogP contribution in [-0.2, 0) is 0 Å². The fourth-order valence-corrected chi connectivity index (χ4v) is 1.08. The molecule has 0 aromatic heterocycles. The molecule has 5 heteroatoms. The number of halogens is 4. The number of hydrogen-bond acceptors (Lipinski definition) is 1. The summed E-state index contributed by atoms with van der Waals surface area (Å²) in [6.45, 7) is 0. The zero-order chi connectivity index (χ0) is 8.59. The van der Waals surface area contributed by atoms with Gasteiger partial charge in [-0.3, -0.25) is 0 Å². The van der Waals surface area contributed by atoms with E-state index in [0.29, 0.717) is 0 Å². The van der Waals surface area contributed by atoms with Crippen molar-refractivity contribution in [3.8, 4) is 0 Å². The van der Waals surface area contributed by atoms with Crippen molar-refractivity contribution in [3.05, 3.63) is 27.2 Å². The van der Waals surface area contributed by atoms with Crippen molar-refractivity contribution < 1.29 is 8.78 Å². The van der Waals surface area contributed by atoms with Crippen LogP contribution in [-0.4, -0.2) is 0 Å². The SMILES string of the molecule is Nc1cc(F)c(F)c(Cl)c1Br. The lowest BCUT2D eigenvalue weighted by Gasteiger charge is -2.01. The monoisotopic (exact) mass is 241 g/mol. The van der Waals surface area contributed by atoms with E-state index < -0.39 is 11.6 Å². The third-order valence-corrected chi connectivity index (χ3v) is 2.57. The fraction of sp³-hybridized carbons (Fsp3) is 0. The van der Waals surface area contributed by atoms with E-state index in [-0.39, 0.29) is 15.2 Å². The Hall–Kier alpha value is -0.350. The number of benzene rings is 1. The van der Waals surface area contributed by atoms with Crippen molar-refractivity contribution >= 4 is 33.2 Å². The molecular weight excluding hydrogens is 239 g/mol. The standard InChI is InChI=1S/C6H3BrClF2N/c7-4-3(11)1-2(9)6(10)5(4)8/h1H,11H2. The molecule has 0 atom stereocenters. The zero-order valence-corrected chi connectivity index (χ0v) is 7.51. The molecule has 2 N–H and O–H groups in total. The van der Waals surface area contributed by atoms with Gasteiger partial charge in [0.2, 0.25) is 0 Å². The molecule has 0 heterocycles. The lowest BCUT2D eigenvalue weighted by molar-refractivity contribution is 0.509. The predicted molar refractivity (Wildman–Crippen MR) is 43.5 cm³/mol. The minimum atomic E-state index is -1.09. The molecule has 0 aliphatic rings. The molecule has 0 unspecified atom stereocenters. The van der Waals surface area contributed by atoms with Crippen LogP contribution in [0.2, 0.25) is 5.02 Å². The van der Waals surface area contributed by atoms with E-state index in [1.807, 2.05) is 0 Å². The first-order valence-corrected chi connectivity index (χ1v) is 3.79. The molecule has 1 rings (SSSR count). The highest BCUT2D eigenvalue weighted by Crippen LogP contribution is 2.32. The molecule has 0 radical (unpaired) electrons. The van der Waals surface area contributed by atoms with E-state index >= 15 is 0 Å². The summed E-state index contributed by atoms with van der Waals surface area (Å²) in [5.41, 5.74) is 5.33. The first-order valence-electron chi connectivity index (χ1n) is 2.62. The summed E-state index contributed by atoms with van der Waals surface area (Å²) >= 11 is 8.25. The van der Waals surface area contributed by atoms with Crippen molar-refractivity contribution in [3.63, 3.8) is 0 Å². The van der Waals surface area contributed by atoms with E-state index in [9.17, 15) is 8.78 Å². The lowest BCUT2D eigenvalue weighted by Crippen LogP contribution is -1.93. The molecular formula is C6H3BrClF2N. The van der Waals surface area contributed by atoms with Gasteiger partial charge < -0.3 is 5.73 Å². The minimum absolute atomic E-state index is 0.0777. The number of anilines is 1. The highest BCUT2D eigenvalue weighted by atomic mass is 79.9. The largest absolute Gasteiger partial charge is 0.398 e. The second-order valence-electron chi connectivity index (χ2n) is 1.89. The summed E-state index contributed by atoms with van der Waals surface area (Å²) in [4.78, 5) is 0. The van der Waals surface area contributed by atoms with Crippen molar-refractivity contribution in [2.75, 3.05) is 5.73 Å².